The van der Waals surface area contributed by atoms with E-state index < -0.39 is 34.3 Å². The maximum absolute atomic E-state index is 13.9. The highest BCUT2D eigenvalue weighted by Crippen LogP contribution is 2.26. The van der Waals surface area contributed by atoms with Gasteiger partial charge in [-0.05, 0) is 79.6 Å². The zero-order valence-electron chi connectivity index (χ0n) is 23.7. The molecule has 0 radical (unpaired) electrons. The molecule has 1 atom stereocenters. The molecule has 1 N–H and O–H groups in total. The van der Waals surface area contributed by atoms with Crippen LogP contribution in [0.4, 0.5) is 10.1 Å². The molecule has 0 spiro atoms. The molecule has 2 amide bonds. The number of nitrogens with one attached hydrogen (secondary N) is 1. The summed E-state index contributed by atoms with van der Waals surface area (Å²) in [6.45, 7) is 3.48. The summed E-state index contributed by atoms with van der Waals surface area (Å²) in [6, 6.07) is 16.7. The van der Waals surface area contributed by atoms with Crippen molar-refractivity contribution in [3.63, 3.8) is 0 Å². The number of hydrogen-bond acceptors (Lipinski definition) is 6. The standard InChI is InChI=1S/C30H36FN3O6S/c1-5-6-19-32-30(36)22(2)33(20-23-7-13-26(39-3)14-8-23)29(35)21-34(25-11-9-24(31)10-12-25)41(37,38)28-17-15-27(40-4)16-18-28/h7-18,22H,5-6,19-21H2,1-4H3,(H,32,36)/t22-/m0/s1. The molecule has 0 heterocycles. The van der Waals surface area contributed by atoms with E-state index in [9.17, 15) is 22.4 Å². The maximum atomic E-state index is 13.9. The molecule has 0 aromatic heterocycles. The highest BCUT2D eigenvalue weighted by Gasteiger charge is 2.32. The number of rotatable bonds is 14. The number of sulfonamides is 1. The summed E-state index contributed by atoms with van der Waals surface area (Å²) < 4.78 is 52.6. The van der Waals surface area contributed by atoms with Crippen LogP contribution in [0, 0.1) is 5.82 Å². The van der Waals surface area contributed by atoms with Crippen LogP contribution < -0.4 is 19.1 Å². The second-order valence-corrected chi connectivity index (χ2v) is 11.2. The second-order valence-electron chi connectivity index (χ2n) is 9.35. The van der Waals surface area contributed by atoms with Crippen molar-refractivity contribution in [1.29, 1.82) is 0 Å². The number of methoxy groups -OCH3 is 2. The Labute approximate surface area is 240 Å². The van der Waals surface area contributed by atoms with Gasteiger partial charge in [0.2, 0.25) is 11.8 Å². The van der Waals surface area contributed by atoms with Gasteiger partial charge < -0.3 is 19.7 Å². The lowest BCUT2D eigenvalue weighted by Gasteiger charge is -2.32. The van der Waals surface area contributed by atoms with E-state index in [2.05, 4.69) is 5.32 Å². The fraction of sp³-hybridized carbons (Fsp3) is 0.333. The van der Waals surface area contributed by atoms with Crippen LogP contribution in [-0.4, -0.2) is 58.5 Å². The topological polar surface area (TPSA) is 105 Å². The van der Waals surface area contributed by atoms with E-state index in [4.69, 9.17) is 9.47 Å². The van der Waals surface area contributed by atoms with Gasteiger partial charge in [-0.3, -0.25) is 13.9 Å². The number of ether oxygens (including phenoxy) is 2. The van der Waals surface area contributed by atoms with Gasteiger partial charge in [0, 0.05) is 13.1 Å². The van der Waals surface area contributed by atoms with Crippen molar-refractivity contribution >= 4 is 27.5 Å². The van der Waals surface area contributed by atoms with E-state index in [1.807, 2.05) is 6.92 Å². The van der Waals surface area contributed by atoms with Crippen molar-refractivity contribution in [2.45, 2.75) is 44.2 Å². The van der Waals surface area contributed by atoms with Crippen LogP contribution in [0.25, 0.3) is 0 Å². The van der Waals surface area contributed by atoms with Gasteiger partial charge in [0.15, 0.2) is 0 Å². The molecule has 0 fully saturated rings. The summed E-state index contributed by atoms with van der Waals surface area (Å²) in [5.41, 5.74) is 0.818. The predicted molar refractivity (Wildman–Crippen MR) is 155 cm³/mol. The molecule has 220 valence electrons. The van der Waals surface area contributed by atoms with Crippen LogP contribution in [0.15, 0.2) is 77.7 Å². The predicted octanol–water partition coefficient (Wildman–Crippen LogP) is 4.37. The number of carbonyl (C=O) groups excluding carboxylic acids is 2. The first kappa shape index (κ1) is 31.4. The molecule has 3 aromatic carbocycles. The van der Waals surface area contributed by atoms with Gasteiger partial charge in [0.05, 0.1) is 24.8 Å². The molecule has 3 rings (SSSR count). The maximum Gasteiger partial charge on any atom is 0.264 e. The van der Waals surface area contributed by atoms with Crippen molar-refractivity contribution in [3.8, 4) is 11.5 Å². The Kier molecular flexibility index (Phi) is 11.1. The molecule has 3 aromatic rings. The van der Waals surface area contributed by atoms with Crippen molar-refractivity contribution < 1.29 is 31.9 Å². The van der Waals surface area contributed by atoms with Gasteiger partial charge in [-0.25, -0.2) is 12.8 Å². The molecule has 0 bridgehead atoms. The summed E-state index contributed by atoms with van der Waals surface area (Å²) in [5.74, 6) is -0.431. The Bertz CT molecular complexity index is 1400. The quantitative estimate of drug-likeness (QED) is 0.282. The van der Waals surface area contributed by atoms with E-state index in [0.717, 1.165) is 34.8 Å². The summed E-state index contributed by atoms with van der Waals surface area (Å²) >= 11 is 0. The van der Waals surface area contributed by atoms with Crippen LogP contribution in [0.5, 0.6) is 11.5 Å². The smallest absolute Gasteiger partial charge is 0.264 e. The summed E-state index contributed by atoms with van der Waals surface area (Å²) in [4.78, 5) is 28.2. The SMILES string of the molecule is CCCCNC(=O)[C@H](C)N(Cc1ccc(OC)cc1)C(=O)CN(c1ccc(F)cc1)S(=O)(=O)c1ccc(OC)cc1. The molecular weight excluding hydrogens is 549 g/mol. The Morgan fingerprint density at radius 3 is 2.00 bits per heavy atom. The number of benzene rings is 3. The molecule has 41 heavy (non-hydrogen) atoms. The molecule has 0 saturated heterocycles. The molecule has 0 aliphatic rings. The summed E-state index contributed by atoms with van der Waals surface area (Å²) in [7, 11) is -1.27. The van der Waals surface area contributed by atoms with Crippen molar-refractivity contribution in [1.82, 2.24) is 10.2 Å². The first-order chi connectivity index (χ1) is 19.6. The number of nitrogens with zero attached hydrogens (tertiary/aromatic N) is 2. The normalized spacial score (nSPS) is 11.8. The van der Waals surface area contributed by atoms with Gasteiger partial charge in [-0.1, -0.05) is 25.5 Å². The third-order valence-corrected chi connectivity index (χ3v) is 8.34. The van der Waals surface area contributed by atoms with Gasteiger partial charge in [-0.15, -0.1) is 0 Å². The summed E-state index contributed by atoms with van der Waals surface area (Å²) in [5, 5.41) is 2.84. The number of carbonyl (C=O) groups is 2. The average Bonchev–Trinajstić information content (AvgIpc) is 2.99. The minimum absolute atomic E-state index is 0.0467. The van der Waals surface area contributed by atoms with Crippen molar-refractivity contribution in [2.75, 3.05) is 31.6 Å². The van der Waals surface area contributed by atoms with Gasteiger partial charge in [0.1, 0.15) is 29.9 Å². The Morgan fingerprint density at radius 1 is 0.902 bits per heavy atom. The average molecular weight is 586 g/mol. The lowest BCUT2D eigenvalue weighted by Crippen LogP contribution is -2.51. The molecule has 0 unspecified atom stereocenters. The van der Waals surface area contributed by atoms with E-state index in [-0.39, 0.29) is 23.0 Å². The number of amides is 2. The summed E-state index contributed by atoms with van der Waals surface area (Å²) in [6.07, 6.45) is 1.67. The zero-order valence-corrected chi connectivity index (χ0v) is 24.5. The lowest BCUT2D eigenvalue weighted by atomic mass is 10.1. The fourth-order valence-corrected chi connectivity index (χ4v) is 5.47. The minimum atomic E-state index is -4.28. The molecule has 0 aliphatic carbocycles. The number of halogens is 1. The molecule has 9 nitrogen and oxygen atoms in total. The number of unbranched alkanes of at least 4 members (excludes halogenated alkanes) is 1. The molecule has 0 saturated carbocycles. The van der Waals surface area contributed by atoms with Crippen molar-refractivity contribution in [3.05, 3.63) is 84.2 Å². The monoisotopic (exact) mass is 585 g/mol. The van der Waals surface area contributed by atoms with Crippen LogP contribution in [0.2, 0.25) is 0 Å². The number of hydrogen-bond donors (Lipinski definition) is 1. The van der Waals surface area contributed by atoms with Crippen molar-refractivity contribution in [2.24, 2.45) is 0 Å². The highest BCUT2D eigenvalue weighted by molar-refractivity contribution is 7.92. The van der Waals surface area contributed by atoms with Gasteiger partial charge >= 0.3 is 0 Å². The molecule has 11 heteroatoms. The Balaban J connectivity index is 1.99. The van der Waals surface area contributed by atoms with E-state index >= 15 is 0 Å². The Morgan fingerprint density at radius 2 is 1.46 bits per heavy atom. The van der Waals surface area contributed by atoms with Crippen LogP contribution in [0.3, 0.4) is 0 Å². The number of anilines is 1. The largest absolute Gasteiger partial charge is 0.497 e. The van der Waals surface area contributed by atoms with Crippen LogP contribution >= 0.6 is 0 Å². The van der Waals surface area contributed by atoms with Gasteiger partial charge in [-0.2, -0.15) is 0 Å². The Hall–Kier alpha value is -4.12. The fourth-order valence-electron chi connectivity index (χ4n) is 4.06. The van der Waals surface area contributed by atoms with Crippen LogP contribution in [-0.2, 0) is 26.2 Å². The van der Waals surface area contributed by atoms with Gasteiger partial charge in [0.25, 0.3) is 10.0 Å². The first-order valence-electron chi connectivity index (χ1n) is 13.2. The molecular formula is C30H36FN3O6S. The van der Waals surface area contributed by atoms with E-state index in [0.29, 0.717) is 18.0 Å². The first-order valence-corrected chi connectivity index (χ1v) is 14.7. The van der Waals surface area contributed by atoms with E-state index in [1.54, 1.807) is 38.3 Å². The second kappa shape index (κ2) is 14.5. The third kappa shape index (κ3) is 8.20. The lowest BCUT2D eigenvalue weighted by molar-refractivity contribution is -0.139. The van der Waals surface area contributed by atoms with E-state index in [1.165, 1.54) is 48.4 Å². The minimum Gasteiger partial charge on any atom is -0.497 e. The van der Waals surface area contributed by atoms with Crippen LogP contribution in [0.1, 0.15) is 32.3 Å². The zero-order chi connectivity index (χ0) is 30.0. The molecule has 0 aliphatic heterocycles. The highest BCUT2D eigenvalue weighted by atomic mass is 32.2. The third-order valence-electron chi connectivity index (χ3n) is 6.55.